The van der Waals surface area contributed by atoms with Gasteiger partial charge in [0.05, 0.1) is 36.2 Å². The molecule has 2 heterocycles. The van der Waals surface area contributed by atoms with Crippen molar-refractivity contribution in [3.8, 4) is 5.75 Å². The van der Waals surface area contributed by atoms with E-state index in [2.05, 4.69) is 4.98 Å². The lowest BCUT2D eigenvalue weighted by Gasteiger charge is -2.20. The molecule has 3 rings (SSSR count). The molecule has 0 bridgehead atoms. The first kappa shape index (κ1) is 15.3. The number of ether oxygens (including phenoxy) is 1. The molecule has 4 nitrogen and oxygen atoms in total. The summed E-state index contributed by atoms with van der Waals surface area (Å²) in [5.41, 5.74) is 0.359. The quantitative estimate of drug-likeness (QED) is 0.842. The van der Waals surface area contributed by atoms with E-state index in [1.54, 1.807) is 13.0 Å². The topological polar surface area (TPSA) is 42.4 Å². The molecule has 1 atom stereocenters. The minimum Gasteiger partial charge on any atom is -0.493 e. The minimum absolute atomic E-state index is 0.224. The predicted molar refractivity (Wildman–Crippen MR) is 77.8 cm³/mol. The van der Waals surface area contributed by atoms with Gasteiger partial charge in [0.2, 0.25) is 5.91 Å². The van der Waals surface area contributed by atoms with Crippen molar-refractivity contribution in [2.24, 2.45) is 0 Å². The molecule has 0 N–H and O–H groups in total. The van der Waals surface area contributed by atoms with Crippen LogP contribution in [0.2, 0.25) is 0 Å². The van der Waals surface area contributed by atoms with Crippen molar-refractivity contribution in [1.29, 1.82) is 0 Å². The summed E-state index contributed by atoms with van der Waals surface area (Å²) in [6.45, 7) is 1.67. The molecule has 0 saturated heterocycles. The van der Waals surface area contributed by atoms with Crippen LogP contribution in [-0.2, 0) is 11.0 Å². The highest BCUT2D eigenvalue weighted by atomic mass is 19.4. The average Bonchev–Trinajstić information content (AvgIpc) is 2.77. The van der Waals surface area contributed by atoms with Crippen LogP contribution < -0.4 is 9.64 Å². The Kier molecular flexibility index (Phi) is 3.50. The van der Waals surface area contributed by atoms with Gasteiger partial charge in [-0.25, -0.2) is 0 Å². The van der Waals surface area contributed by atoms with Crippen LogP contribution in [-0.4, -0.2) is 18.0 Å². The maximum Gasteiger partial charge on any atom is 0.416 e. The van der Waals surface area contributed by atoms with Gasteiger partial charge in [-0.15, -0.1) is 0 Å². The zero-order valence-corrected chi connectivity index (χ0v) is 12.4. The second-order valence-electron chi connectivity index (χ2n) is 5.21. The number of benzene rings is 1. The molecule has 1 aromatic heterocycles. The Morgan fingerprint density at radius 3 is 2.61 bits per heavy atom. The van der Waals surface area contributed by atoms with Crippen LogP contribution in [0.4, 0.5) is 24.5 Å². The Labute approximate surface area is 130 Å². The number of pyridine rings is 1. The number of nitrogens with zero attached hydrogens (tertiary/aromatic N) is 2. The Morgan fingerprint density at radius 2 is 1.96 bits per heavy atom. The van der Waals surface area contributed by atoms with Crippen LogP contribution in [0.5, 0.6) is 5.75 Å². The van der Waals surface area contributed by atoms with E-state index in [-0.39, 0.29) is 11.6 Å². The highest BCUT2D eigenvalue weighted by molar-refractivity contribution is 6.10. The van der Waals surface area contributed by atoms with Crippen LogP contribution in [0.1, 0.15) is 24.0 Å². The molecule has 23 heavy (non-hydrogen) atoms. The third-order valence-corrected chi connectivity index (χ3v) is 3.88. The number of hydrogen-bond donors (Lipinski definition) is 0. The zero-order valence-electron chi connectivity index (χ0n) is 12.4. The summed E-state index contributed by atoms with van der Waals surface area (Å²) in [7, 11) is 1.41. The maximum absolute atomic E-state index is 13.0. The van der Waals surface area contributed by atoms with E-state index in [0.717, 1.165) is 12.1 Å². The fraction of sp³-hybridized carbons (Fsp3) is 0.250. The summed E-state index contributed by atoms with van der Waals surface area (Å²) in [6.07, 6.45) is -1.60. The molecule has 0 saturated carbocycles. The lowest BCUT2D eigenvalue weighted by Crippen LogP contribution is -2.23. The second-order valence-corrected chi connectivity index (χ2v) is 5.21. The van der Waals surface area contributed by atoms with Gasteiger partial charge in [-0.1, -0.05) is 6.07 Å². The summed E-state index contributed by atoms with van der Waals surface area (Å²) < 4.78 is 44.1. The van der Waals surface area contributed by atoms with Gasteiger partial charge < -0.3 is 4.74 Å². The third kappa shape index (κ3) is 2.42. The van der Waals surface area contributed by atoms with Crippen molar-refractivity contribution in [1.82, 2.24) is 4.98 Å². The number of carbonyl (C=O) groups is 1. The number of carbonyl (C=O) groups excluding carboxylic acids is 1. The molecule has 1 amide bonds. The smallest absolute Gasteiger partial charge is 0.416 e. The zero-order chi connectivity index (χ0) is 16.8. The fourth-order valence-corrected chi connectivity index (χ4v) is 2.69. The highest BCUT2D eigenvalue weighted by Crippen LogP contribution is 2.46. The van der Waals surface area contributed by atoms with Crippen LogP contribution in [0.25, 0.3) is 0 Å². The Morgan fingerprint density at radius 1 is 1.22 bits per heavy atom. The van der Waals surface area contributed by atoms with E-state index in [9.17, 15) is 18.0 Å². The first-order valence-corrected chi connectivity index (χ1v) is 6.87. The molecule has 1 aliphatic rings. The molecule has 0 radical (unpaired) electrons. The lowest BCUT2D eigenvalue weighted by atomic mass is 10.0. The summed E-state index contributed by atoms with van der Waals surface area (Å²) in [4.78, 5) is 17.7. The van der Waals surface area contributed by atoms with Crippen molar-refractivity contribution in [3.63, 3.8) is 0 Å². The lowest BCUT2D eigenvalue weighted by molar-refractivity contribution is -0.137. The molecular formula is C16H13F3N2O2. The number of hydrogen-bond acceptors (Lipinski definition) is 3. The molecule has 1 aromatic carbocycles. The number of amides is 1. The van der Waals surface area contributed by atoms with Crippen LogP contribution in [0.15, 0.2) is 36.7 Å². The standard InChI is InChI=1S/C16H13F3N2O2/c1-9-11-4-3-10(16(17,18)19)7-13(11)21(15(9)22)12-5-6-20-8-14(12)23-2/h3-9H,1-2H3. The number of halogens is 3. The van der Waals surface area contributed by atoms with E-state index in [4.69, 9.17) is 4.74 Å². The van der Waals surface area contributed by atoms with Crippen LogP contribution in [0, 0.1) is 0 Å². The Hall–Kier alpha value is -2.57. The van der Waals surface area contributed by atoms with Gasteiger partial charge in [0.1, 0.15) is 0 Å². The normalized spacial score (nSPS) is 17.3. The van der Waals surface area contributed by atoms with E-state index >= 15 is 0 Å². The summed E-state index contributed by atoms with van der Waals surface area (Å²) in [5.74, 6) is -0.507. The van der Waals surface area contributed by atoms with Gasteiger partial charge >= 0.3 is 6.18 Å². The van der Waals surface area contributed by atoms with Gasteiger partial charge in [-0.3, -0.25) is 14.7 Å². The third-order valence-electron chi connectivity index (χ3n) is 3.88. The number of methoxy groups -OCH3 is 1. The van der Waals surface area contributed by atoms with E-state index in [1.807, 2.05) is 0 Å². The summed E-state index contributed by atoms with van der Waals surface area (Å²) in [6, 6.07) is 4.89. The van der Waals surface area contributed by atoms with Gasteiger partial charge in [-0.2, -0.15) is 13.2 Å². The largest absolute Gasteiger partial charge is 0.493 e. The maximum atomic E-state index is 13.0. The van der Waals surface area contributed by atoms with E-state index in [0.29, 0.717) is 17.0 Å². The van der Waals surface area contributed by atoms with Crippen molar-refractivity contribution < 1.29 is 22.7 Å². The molecule has 2 aromatic rings. The molecule has 0 aliphatic carbocycles. The Bertz CT molecular complexity index is 774. The SMILES string of the molecule is COc1cnccc1N1C(=O)C(C)c2ccc(C(F)(F)F)cc21. The second kappa shape index (κ2) is 5.26. The Balaban J connectivity index is 2.19. The molecule has 0 spiro atoms. The predicted octanol–water partition coefficient (Wildman–Crippen LogP) is 3.89. The molecular weight excluding hydrogens is 309 g/mol. The number of anilines is 2. The van der Waals surface area contributed by atoms with Gasteiger partial charge in [-0.05, 0) is 30.7 Å². The number of rotatable bonds is 2. The van der Waals surface area contributed by atoms with Gasteiger partial charge in [0, 0.05) is 6.20 Å². The monoisotopic (exact) mass is 322 g/mol. The molecule has 7 heteroatoms. The van der Waals surface area contributed by atoms with Gasteiger partial charge in [0.15, 0.2) is 5.75 Å². The fourth-order valence-electron chi connectivity index (χ4n) is 2.69. The molecule has 120 valence electrons. The first-order chi connectivity index (χ1) is 10.8. The van der Waals surface area contributed by atoms with Crippen molar-refractivity contribution >= 4 is 17.3 Å². The number of fused-ring (bicyclic) bond motifs is 1. The molecule has 0 fully saturated rings. The van der Waals surface area contributed by atoms with Crippen molar-refractivity contribution in [2.45, 2.75) is 19.0 Å². The number of alkyl halides is 3. The van der Waals surface area contributed by atoms with Crippen LogP contribution >= 0.6 is 0 Å². The highest BCUT2D eigenvalue weighted by Gasteiger charge is 2.39. The van der Waals surface area contributed by atoms with Crippen LogP contribution in [0.3, 0.4) is 0 Å². The summed E-state index contributed by atoms with van der Waals surface area (Å²) in [5, 5.41) is 0. The minimum atomic E-state index is -4.47. The van der Waals surface area contributed by atoms with E-state index < -0.39 is 17.7 Å². The molecule has 1 unspecified atom stereocenters. The van der Waals surface area contributed by atoms with E-state index in [1.165, 1.54) is 30.5 Å². The molecule has 1 aliphatic heterocycles. The number of aromatic nitrogens is 1. The average molecular weight is 322 g/mol. The van der Waals surface area contributed by atoms with Crippen molar-refractivity contribution in [2.75, 3.05) is 12.0 Å². The van der Waals surface area contributed by atoms with Crippen molar-refractivity contribution in [3.05, 3.63) is 47.8 Å². The first-order valence-electron chi connectivity index (χ1n) is 6.87. The summed E-state index contributed by atoms with van der Waals surface area (Å²) >= 11 is 0. The van der Waals surface area contributed by atoms with Gasteiger partial charge in [0.25, 0.3) is 0 Å².